The van der Waals surface area contributed by atoms with Crippen LogP contribution < -0.4 is 5.32 Å². The van der Waals surface area contributed by atoms with Crippen LogP contribution in [0.15, 0.2) is 30.3 Å². The molecule has 0 aliphatic heterocycles. The van der Waals surface area contributed by atoms with Crippen LogP contribution in [0.4, 0.5) is 0 Å². The van der Waals surface area contributed by atoms with Crippen LogP contribution in [0.25, 0.3) is 0 Å². The van der Waals surface area contributed by atoms with Crippen LogP contribution in [-0.4, -0.2) is 37.1 Å². The number of hydroxylamine groups is 2. The van der Waals surface area contributed by atoms with Gasteiger partial charge in [-0.1, -0.05) is 25.1 Å². The Labute approximate surface area is 113 Å². The summed E-state index contributed by atoms with van der Waals surface area (Å²) in [5, 5.41) is 3.98. The molecule has 0 saturated carbocycles. The Morgan fingerprint density at radius 2 is 1.79 bits per heavy atom. The molecule has 0 aromatic heterocycles. The van der Waals surface area contributed by atoms with Crippen LogP contribution in [0.1, 0.15) is 24.2 Å². The van der Waals surface area contributed by atoms with Crippen molar-refractivity contribution in [1.29, 1.82) is 0 Å². The average molecular weight is 264 g/mol. The standard InChI is InChI=1S/C14H20N2O3/c1-10(14(18)16(3)19-4)11(2)15-13(17)12-8-6-5-7-9-12/h5-11H,1-4H3,(H,15,17). The minimum absolute atomic E-state index is 0.177. The number of rotatable bonds is 5. The first kappa shape index (κ1) is 15.2. The smallest absolute Gasteiger partial charge is 0.251 e. The summed E-state index contributed by atoms with van der Waals surface area (Å²) in [7, 11) is 2.97. The zero-order valence-electron chi connectivity index (χ0n) is 11.7. The van der Waals surface area contributed by atoms with Crippen LogP contribution in [0.3, 0.4) is 0 Å². The van der Waals surface area contributed by atoms with Crippen LogP contribution in [0, 0.1) is 5.92 Å². The van der Waals surface area contributed by atoms with E-state index in [4.69, 9.17) is 4.84 Å². The van der Waals surface area contributed by atoms with Gasteiger partial charge in [-0.15, -0.1) is 0 Å². The second kappa shape index (κ2) is 6.89. The molecule has 1 N–H and O–H groups in total. The Hall–Kier alpha value is -1.88. The van der Waals surface area contributed by atoms with E-state index in [9.17, 15) is 9.59 Å². The molecule has 1 rings (SSSR count). The molecular weight excluding hydrogens is 244 g/mol. The Morgan fingerprint density at radius 3 is 2.32 bits per heavy atom. The second-order valence-electron chi connectivity index (χ2n) is 4.44. The lowest BCUT2D eigenvalue weighted by Crippen LogP contribution is -2.44. The molecule has 2 amide bonds. The van der Waals surface area contributed by atoms with E-state index in [-0.39, 0.29) is 23.8 Å². The van der Waals surface area contributed by atoms with Gasteiger partial charge in [-0.25, -0.2) is 5.06 Å². The second-order valence-corrected chi connectivity index (χ2v) is 4.44. The minimum atomic E-state index is -0.363. The number of nitrogens with zero attached hydrogens (tertiary/aromatic N) is 1. The average Bonchev–Trinajstić information content (AvgIpc) is 2.45. The largest absolute Gasteiger partial charge is 0.349 e. The zero-order valence-corrected chi connectivity index (χ0v) is 11.7. The van der Waals surface area contributed by atoms with Gasteiger partial charge in [-0.2, -0.15) is 0 Å². The molecule has 0 aliphatic rings. The van der Waals surface area contributed by atoms with Crippen LogP contribution >= 0.6 is 0 Å². The summed E-state index contributed by atoms with van der Waals surface area (Å²) >= 11 is 0. The fourth-order valence-corrected chi connectivity index (χ4v) is 1.60. The highest BCUT2D eigenvalue weighted by Gasteiger charge is 2.25. The highest BCUT2D eigenvalue weighted by atomic mass is 16.7. The van der Waals surface area contributed by atoms with Gasteiger partial charge in [-0.05, 0) is 19.1 Å². The lowest BCUT2D eigenvalue weighted by atomic mass is 10.0. The summed E-state index contributed by atoms with van der Waals surface area (Å²) in [5.74, 6) is -0.728. The van der Waals surface area contributed by atoms with Crippen molar-refractivity contribution in [2.75, 3.05) is 14.2 Å². The molecule has 0 saturated heterocycles. The van der Waals surface area contributed by atoms with Crippen molar-refractivity contribution >= 4 is 11.8 Å². The quantitative estimate of drug-likeness (QED) is 0.819. The number of amides is 2. The maximum atomic E-state index is 12.0. The summed E-state index contributed by atoms with van der Waals surface area (Å²) in [6.45, 7) is 3.56. The maximum Gasteiger partial charge on any atom is 0.251 e. The molecule has 104 valence electrons. The van der Waals surface area contributed by atoms with Crippen molar-refractivity contribution in [1.82, 2.24) is 10.4 Å². The number of benzene rings is 1. The third-order valence-corrected chi connectivity index (χ3v) is 3.12. The van der Waals surface area contributed by atoms with E-state index in [1.165, 1.54) is 7.11 Å². The summed E-state index contributed by atoms with van der Waals surface area (Å²) in [4.78, 5) is 28.7. The van der Waals surface area contributed by atoms with Gasteiger partial charge in [0.15, 0.2) is 0 Å². The highest BCUT2D eigenvalue weighted by molar-refractivity contribution is 5.94. The monoisotopic (exact) mass is 264 g/mol. The first-order chi connectivity index (χ1) is 8.97. The molecule has 0 aliphatic carbocycles. The molecule has 5 nitrogen and oxygen atoms in total. The predicted octanol–water partition coefficient (Wildman–Crippen LogP) is 1.46. The molecule has 0 fully saturated rings. The first-order valence-corrected chi connectivity index (χ1v) is 6.15. The van der Waals surface area contributed by atoms with E-state index in [0.29, 0.717) is 5.56 Å². The van der Waals surface area contributed by atoms with E-state index in [1.807, 2.05) is 6.07 Å². The SMILES string of the molecule is CON(C)C(=O)C(C)C(C)NC(=O)c1ccccc1. The number of nitrogens with one attached hydrogen (secondary N) is 1. The number of hydrogen-bond acceptors (Lipinski definition) is 3. The van der Waals surface area contributed by atoms with Crippen LogP contribution in [-0.2, 0) is 9.63 Å². The van der Waals surface area contributed by atoms with E-state index in [1.54, 1.807) is 45.2 Å². The van der Waals surface area contributed by atoms with Crippen molar-refractivity contribution in [3.8, 4) is 0 Å². The maximum absolute atomic E-state index is 12.0. The molecule has 1 aromatic rings. The van der Waals surface area contributed by atoms with Gasteiger partial charge in [0.05, 0.1) is 13.0 Å². The Balaban J connectivity index is 2.62. The first-order valence-electron chi connectivity index (χ1n) is 6.15. The summed E-state index contributed by atoms with van der Waals surface area (Å²) in [6.07, 6.45) is 0. The van der Waals surface area contributed by atoms with E-state index < -0.39 is 0 Å². The third kappa shape index (κ3) is 4.06. The van der Waals surface area contributed by atoms with E-state index in [2.05, 4.69) is 5.32 Å². The van der Waals surface area contributed by atoms with Crippen molar-refractivity contribution < 1.29 is 14.4 Å². The molecule has 0 bridgehead atoms. The van der Waals surface area contributed by atoms with Crippen molar-refractivity contribution in [2.24, 2.45) is 5.92 Å². The minimum Gasteiger partial charge on any atom is -0.349 e. The van der Waals surface area contributed by atoms with Gasteiger partial charge in [0.2, 0.25) is 0 Å². The lowest BCUT2D eigenvalue weighted by Gasteiger charge is -2.24. The van der Waals surface area contributed by atoms with E-state index >= 15 is 0 Å². The normalized spacial score (nSPS) is 13.5. The van der Waals surface area contributed by atoms with Crippen molar-refractivity contribution in [2.45, 2.75) is 19.9 Å². The molecule has 0 radical (unpaired) electrons. The Morgan fingerprint density at radius 1 is 1.21 bits per heavy atom. The fourth-order valence-electron chi connectivity index (χ4n) is 1.60. The highest BCUT2D eigenvalue weighted by Crippen LogP contribution is 2.08. The Bertz CT molecular complexity index is 434. The third-order valence-electron chi connectivity index (χ3n) is 3.12. The molecule has 2 unspecified atom stereocenters. The lowest BCUT2D eigenvalue weighted by molar-refractivity contribution is -0.173. The van der Waals surface area contributed by atoms with E-state index in [0.717, 1.165) is 5.06 Å². The molecule has 0 spiro atoms. The van der Waals surface area contributed by atoms with Crippen molar-refractivity contribution in [3.05, 3.63) is 35.9 Å². The number of carbonyl (C=O) groups is 2. The molecule has 2 atom stereocenters. The number of hydrogen-bond donors (Lipinski definition) is 1. The predicted molar refractivity (Wildman–Crippen MR) is 72.3 cm³/mol. The number of carbonyl (C=O) groups excluding carboxylic acids is 2. The molecule has 5 heteroatoms. The fraction of sp³-hybridized carbons (Fsp3) is 0.429. The summed E-state index contributed by atoms with van der Waals surface area (Å²) in [5.41, 5.74) is 0.578. The van der Waals surface area contributed by atoms with Gasteiger partial charge in [0, 0.05) is 18.7 Å². The molecule has 19 heavy (non-hydrogen) atoms. The molecular formula is C14H20N2O3. The van der Waals surface area contributed by atoms with Gasteiger partial charge in [0.25, 0.3) is 11.8 Å². The zero-order chi connectivity index (χ0) is 14.4. The molecule has 0 heterocycles. The molecule has 1 aromatic carbocycles. The van der Waals surface area contributed by atoms with Gasteiger partial charge >= 0.3 is 0 Å². The van der Waals surface area contributed by atoms with Gasteiger partial charge in [-0.3, -0.25) is 14.4 Å². The van der Waals surface area contributed by atoms with Gasteiger partial charge < -0.3 is 5.32 Å². The topological polar surface area (TPSA) is 58.6 Å². The Kier molecular flexibility index (Phi) is 5.51. The van der Waals surface area contributed by atoms with Gasteiger partial charge in [0.1, 0.15) is 0 Å². The summed E-state index contributed by atoms with van der Waals surface area (Å²) in [6, 6.07) is 8.63. The summed E-state index contributed by atoms with van der Waals surface area (Å²) < 4.78 is 0. The van der Waals surface area contributed by atoms with Crippen molar-refractivity contribution in [3.63, 3.8) is 0 Å². The van der Waals surface area contributed by atoms with Crippen LogP contribution in [0.5, 0.6) is 0 Å². The van der Waals surface area contributed by atoms with Crippen LogP contribution in [0.2, 0.25) is 0 Å².